The molecule has 1 fully saturated rings. The SMILES string of the molecule is CCCCC(=O)N1CCN(S(=O)(=O)c2ccc(C(=O)O)cc2)CC1. The van der Waals surface area contributed by atoms with E-state index in [1.165, 1.54) is 28.6 Å². The Morgan fingerprint density at radius 3 is 2.17 bits per heavy atom. The number of benzene rings is 1. The first-order chi connectivity index (χ1) is 11.4. The van der Waals surface area contributed by atoms with Crippen LogP contribution >= 0.6 is 0 Å². The number of carboxylic acid groups (broad SMARTS) is 1. The number of sulfonamides is 1. The first-order valence-corrected chi connectivity index (χ1v) is 9.41. The molecule has 0 aliphatic carbocycles. The van der Waals surface area contributed by atoms with Gasteiger partial charge in [0.25, 0.3) is 0 Å². The van der Waals surface area contributed by atoms with E-state index in [0.29, 0.717) is 19.5 Å². The summed E-state index contributed by atoms with van der Waals surface area (Å²) in [6.45, 7) is 3.29. The van der Waals surface area contributed by atoms with E-state index in [9.17, 15) is 18.0 Å². The predicted molar refractivity (Wildman–Crippen MR) is 88.3 cm³/mol. The number of aromatic carboxylic acids is 1. The largest absolute Gasteiger partial charge is 0.478 e. The second-order valence-corrected chi connectivity index (χ2v) is 7.66. The highest BCUT2D eigenvalue weighted by Gasteiger charge is 2.29. The average molecular weight is 354 g/mol. The van der Waals surface area contributed by atoms with Gasteiger partial charge in [-0.3, -0.25) is 4.79 Å². The molecule has 1 aliphatic heterocycles. The zero-order valence-corrected chi connectivity index (χ0v) is 14.5. The predicted octanol–water partition coefficient (Wildman–Crippen LogP) is 1.41. The molecule has 1 aromatic carbocycles. The van der Waals surface area contributed by atoms with Gasteiger partial charge in [-0.2, -0.15) is 4.31 Å². The fraction of sp³-hybridized carbons (Fsp3) is 0.500. The van der Waals surface area contributed by atoms with Crippen molar-refractivity contribution in [2.45, 2.75) is 31.1 Å². The fourth-order valence-electron chi connectivity index (χ4n) is 2.58. The van der Waals surface area contributed by atoms with Crippen molar-refractivity contribution < 1.29 is 23.1 Å². The Kier molecular flexibility index (Phi) is 5.95. The number of hydrogen-bond acceptors (Lipinski definition) is 4. The minimum absolute atomic E-state index is 0.0419. The first kappa shape index (κ1) is 18.4. The van der Waals surface area contributed by atoms with Crippen LogP contribution in [0.5, 0.6) is 0 Å². The van der Waals surface area contributed by atoms with Crippen LogP contribution in [0.1, 0.15) is 36.5 Å². The van der Waals surface area contributed by atoms with Gasteiger partial charge in [-0.05, 0) is 30.7 Å². The molecule has 1 amide bonds. The Hall–Kier alpha value is -1.93. The van der Waals surface area contributed by atoms with Gasteiger partial charge in [0.1, 0.15) is 0 Å². The lowest BCUT2D eigenvalue weighted by atomic mass is 10.2. The van der Waals surface area contributed by atoms with E-state index in [-0.39, 0.29) is 29.5 Å². The van der Waals surface area contributed by atoms with Crippen LogP contribution in [0.25, 0.3) is 0 Å². The van der Waals surface area contributed by atoms with Crippen LogP contribution in [0.15, 0.2) is 29.2 Å². The zero-order chi connectivity index (χ0) is 17.7. The highest BCUT2D eigenvalue weighted by atomic mass is 32.2. The van der Waals surface area contributed by atoms with Gasteiger partial charge >= 0.3 is 5.97 Å². The molecule has 1 saturated heterocycles. The Bertz CT molecular complexity index is 692. The third-order valence-corrected chi connectivity index (χ3v) is 5.99. The second kappa shape index (κ2) is 7.76. The summed E-state index contributed by atoms with van der Waals surface area (Å²) in [5.41, 5.74) is 0.0419. The molecule has 0 radical (unpaired) electrons. The zero-order valence-electron chi connectivity index (χ0n) is 13.6. The minimum atomic E-state index is -3.67. The third-order valence-electron chi connectivity index (χ3n) is 4.07. The Morgan fingerprint density at radius 1 is 1.08 bits per heavy atom. The van der Waals surface area contributed by atoms with Crippen LogP contribution in [0.4, 0.5) is 0 Å². The summed E-state index contributed by atoms with van der Waals surface area (Å²) in [7, 11) is -3.67. The monoisotopic (exact) mass is 354 g/mol. The molecule has 24 heavy (non-hydrogen) atoms. The van der Waals surface area contributed by atoms with Gasteiger partial charge in [-0.15, -0.1) is 0 Å². The van der Waals surface area contributed by atoms with Crippen LogP contribution in [-0.2, 0) is 14.8 Å². The molecule has 0 atom stereocenters. The van der Waals surface area contributed by atoms with E-state index in [1.807, 2.05) is 6.92 Å². The number of amides is 1. The minimum Gasteiger partial charge on any atom is -0.478 e. The summed E-state index contributed by atoms with van der Waals surface area (Å²) >= 11 is 0. The number of carboxylic acids is 1. The van der Waals surface area contributed by atoms with Crippen molar-refractivity contribution in [3.63, 3.8) is 0 Å². The van der Waals surface area contributed by atoms with Crippen molar-refractivity contribution in [2.24, 2.45) is 0 Å². The number of carbonyl (C=O) groups excluding carboxylic acids is 1. The molecule has 0 unspecified atom stereocenters. The van der Waals surface area contributed by atoms with Crippen LogP contribution in [0.3, 0.4) is 0 Å². The number of carbonyl (C=O) groups is 2. The van der Waals surface area contributed by atoms with Crippen LogP contribution < -0.4 is 0 Å². The topological polar surface area (TPSA) is 95.0 Å². The van der Waals surface area contributed by atoms with Gasteiger partial charge in [-0.25, -0.2) is 13.2 Å². The summed E-state index contributed by atoms with van der Waals surface area (Å²) in [5.74, 6) is -1.03. The van der Waals surface area contributed by atoms with Crippen molar-refractivity contribution in [3.8, 4) is 0 Å². The second-order valence-electron chi connectivity index (χ2n) is 5.72. The molecular formula is C16H22N2O5S. The van der Waals surface area contributed by atoms with Gasteiger partial charge in [0, 0.05) is 32.6 Å². The van der Waals surface area contributed by atoms with Crippen molar-refractivity contribution in [2.75, 3.05) is 26.2 Å². The van der Waals surface area contributed by atoms with Crippen molar-refractivity contribution in [1.82, 2.24) is 9.21 Å². The van der Waals surface area contributed by atoms with E-state index in [2.05, 4.69) is 0 Å². The molecule has 0 saturated carbocycles. The standard InChI is InChI=1S/C16H22N2O5S/c1-2-3-4-15(19)17-9-11-18(12-10-17)24(22,23)14-7-5-13(6-8-14)16(20)21/h5-8H,2-4,9-12H2,1H3,(H,20,21). The number of rotatable bonds is 6. The highest BCUT2D eigenvalue weighted by molar-refractivity contribution is 7.89. The lowest BCUT2D eigenvalue weighted by molar-refractivity contribution is -0.132. The Balaban J connectivity index is 2.02. The number of unbranched alkanes of at least 4 members (excludes halogenated alkanes) is 1. The summed E-state index contributed by atoms with van der Waals surface area (Å²) in [5, 5.41) is 8.87. The smallest absolute Gasteiger partial charge is 0.335 e. The molecular weight excluding hydrogens is 332 g/mol. The third kappa shape index (κ3) is 4.12. The van der Waals surface area contributed by atoms with E-state index >= 15 is 0 Å². The molecule has 1 aromatic rings. The number of piperazine rings is 1. The van der Waals surface area contributed by atoms with Gasteiger partial charge in [0.15, 0.2) is 0 Å². The Labute approximate surface area is 141 Å². The fourth-order valence-corrected chi connectivity index (χ4v) is 4.00. The van der Waals surface area contributed by atoms with Gasteiger partial charge in [0.05, 0.1) is 10.5 Å². The van der Waals surface area contributed by atoms with E-state index in [1.54, 1.807) is 4.90 Å². The molecule has 1 aliphatic rings. The summed E-state index contributed by atoms with van der Waals surface area (Å²) in [6, 6.07) is 5.16. The molecule has 1 heterocycles. The van der Waals surface area contributed by atoms with Crippen LogP contribution in [-0.4, -0.2) is 60.8 Å². The first-order valence-electron chi connectivity index (χ1n) is 7.97. The molecule has 0 aromatic heterocycles. The summed E-state index contributed by atoms with van der Waals surface area (Å²) in [4.78, 5) is 24.6. The summed E-state index contributed by atoms with van der Waals surface area (Å²) in [6.07, 6.45) is 2.29. The van der Waals surface area contributed by atoms with Crippen LogP contribution in [0.2, 0.25) is 0 Å². The maximum absolute atomic E-state index is 12.6. The molecule has 0 spiro atoms. The van der Waals surface area contributed by atoms with Gasteiger partial charge in [0.2, 0.25) is 15.9 Å². The molecule has 2 rings (SSSR count). The van der Waals surface area contributed by atoms with Crippen molar-refractivity contribution in [3.05, 3.63) is 29.8 Å². The van der Waals surface area contributed by atoms with Crippen molar-refractivity contribution >= 4 is 21.9 Å². The maximum Gasteiger partial charge on any atom is 0.335 e. The van der Waals surface area contributed by atoms with E-state index < -0.39 is 16.0 Å². The average Bonchev–Trinajstić information content (AvgIpc) is 2.59. The summed E-state index contributed by atoms with van der Waals surface area (Å²) < 4.78 is 26.5. The van der Waals surface area contributed by atoms with Gasteiger partial charge < -0.3 is 10.0 Å². The lowest BCUT2D eigenvalue weighted by Crippen LogP contribution is -2.50. The van der Waals surface area contributed by atoms with Gasteiger partial charge in [-0.1, -0.05) is 13.3 Å². The van der Waals surface area contributed by atoms with Crippen LogP contribution in [0, 0.1) is 0 Å². The highest BCUT2D eigenvalue weighted by Crippen LogP contribution is 2.19. The van der Waals surface area contributed by atoms with E-state index in [0.717, 1.165) is 12.8 Å². The normalized spacial score (nSPS) is 16.1. The maximum atomic E-state index is 12.6. The van der Waals surface area contributed by atoms with Crippen molar-refractivity contribution in [1.29, 1.82) is 0 Å². The molecule has 1 N–H and O–H groups in total. The van der Waals surface area contributed by atoms with E-state index in [4.69, 9.17) is 5.11 Å². The number of nitrogens with zero attached hydrogens (tertiary/aromatic N) is 2. The molecule has 132 valence electrons. The number of hydrogen-bond donors (Lipinski definition) is 1. The molecule has 7 nitrogen and oxygen atoms in total. The quantitative estimate of drug-likeness (QED) is 0.833. The molecule has 0 bridgehead atoms. The Morgan fingerprint density at radius 2 is 1.67 bits per heavy atom. The molecule has 8 heteroatoms. The lowest BCUT2D eigenvalue weighted by Gasteiger charge is -2.34.